The molecule has 0 bridgehead atoms. The summed E-state index contributed by atoms with van der Waals surface area (Å²) in [6, 6.07) is 5.68. The number of nitrogens with zero attached hydrogens (tertiary/aromatic N) is 3. The Morgan fingerprint density at radius 1 is 1.67 bits per heavy atom. The lowest BCUT2D eigenvalue weighted by atomic mass is 10.2. The van der Waals surface area contributed by atoms with Crippen molar-refractivity contribution in [3.05, 3.63) is 30.1 Å². The van der Waals surface area contributed by atoms with Gasteiger partial charge in [0.05, 0.1) is 6.07 Å². The van der Waals surface area contributed by atoms with Gasteiger partial charge in [0.15, 0.2) is 0 Å². The number of likely N-dealkylation sites (N-methyl/N-ethyl adjacent to an activating group) is 1. The molecule has 78 valence electrons. The highest BCUT2D eigenvalue weighted by Crippen LogP contribution is 1.99. The summed E-state index contributed by atoms with van der Waals surface area (Å²) in [5.41, 5.74) is 1.09. The van der Waals surface area contributed by atoms with Gasteiger partial charge in [0.1, 0.15) is 6.42 Å². The van der Waals surface area contributed by atoms with Crippen LogP contribution in [0.4, 0.5) is 0 Å². The van der Waals surface area contributed by atoms with Crippen LogP contribution < -0.4 is 0 Å². The van der Waals surface area contributed by atoms with Crippen LogP contribution in [0.1, 0.15) is 12.0 Å². The average Bonchev–Trinajstić information content (AvgIpc) is 2.27. The Labute approximate surface area is 89.2 Å². The summed E-state index contributed by atoms with van der Waals surface area (Å²) in [6.07, 6.45) is 4.21. The summed E-state index contributed by atoms with van der Waals surface area (Å²) in [7, 11) is 1.70. The zero-order chi connectivity index (χ0) is 11.1. The molecule has 0 N–H and O–H groups in total. The molecule has 1 aromatic heterocycles. The van der Waals surface area contributed by atoms with Crippen molar-refractivity contribution < 1.29 is 4.79 Å². The van der Waals surface area contributed by atoms with E-state index >= 15 is 0 Å². The number of hydrogen-bond acceptors (Lipinski definition) is 3. The van der Waals surface area contributed by atoms with Crippen LogP contribution in [-0.2, 0) is 11.2 Å². The molecule has 0 aliphatic carbocycles. The first-order valence-electron chi connectivity index (χ1n) is 4.74. The van der Waals surface area contributed by atoms with E-state index in [-0.39, 0.29) is 12.3 Å². The molecule has 1 rings (SSSR count). The molecule has 1 heterocycles. The molecule has 0 radical (unpaired) electrons. The molecule has 0 fully saturated rings. The Morgan fingerprint density at radius 3 is 3.07 bits per heavy atom. The maximum atomic E-state index is 11.3. The van der Waals surface area contributed by atoms with E-state index in [9.17, 15) is 4.79 Å². The zero-order valence-corrected chi connectivity index (χ0v) is 8.68. The third kappa shape index (κ3) is 3.77. The van der Waals surface area contributed by atoms with Gasteiger partial charge in [0.2, 0.25) is 5.91 Å². The number of rotatable bonds is 4. The molecule has 0 aliphatic heterocycles. The third-order valence-electron chi connectivity index (χ3n) is 2.11. The van der Waals surface area contributed by atoms with Crippen LogP contribution in [0.5, 0.6) is 0 Å². The van der Waals surface area contributed by atoms with Gasteiger partial charge in [-0.1, -0.05) is 6.07 Å². The lowest BCUT2D eigenvalue weighted by Gasteiger charge is -2.15. The van der Waals surface area contributed by atoms with Gasteiger partial charge in [0.25, 0.3) is 0 Å². The molecule has 4 heteroatoms. The van der Waals surface area contributed by atoms with Crippen molar-refractivity contribution in [2.24, 2.45) is 0 Å². The molecule has 4 nitrogen and oxygen atoms in total. The Balaban J connectivity index is 2.38. The van der Waals surface area contributed by atoms with Gasteiger partial charge in [-0.05, 0) is 18.1 Å². The van der Waals surface area contributed by atoms with Gasteiger partial charge in [-0.25, -0.2) is 0 Å². The van der Waals surface area contributed by atoms with Gasteiger partial charge in [-0.3, -0.25) is 9.78 Å². The van der Waals surface area contributed by atoms with E-state index in [1.54, 1.807) is 24.3 Å². The summed E-state index contributed by atoms with van der Waals surface area (Å²) in [5, 5.41) is 8.36. The Bertz CT molecular complexity index is 356. The summed E-state index contributed by atoms with van der Waals surface area (Å²) >= 11 is 0. The first-order valence-corrected chi connectivity index (χ1v) is 4.74. The number of carbonyl (C=O) groups is 1. The van der Waals surface area contributed by atoms with Crippen LogP contribution in [0, 0.1) is 11.3 Å². The molecule has 1 amide bonds. The maximum absolute atomic E-state index is 11.3. The van der Waals surface area contributed by atoms with E-state index in [2.05, 4.69) is 4.98 Å². The topological polar surface area (TPSA) is 57.0 Å². The zero-order valence-electron chi connectivity index (χ0n) is 8.68. The Hall–Kier alpha value is -1.89. The van der Waals surface area contributed by atoms with Crippen LogP contribution in [0.2, 0.25) is 0 Å². The quantitative estimate of drug-likeness (QED) is 0.733. The molecule has 0 atom stereocenters. The second-order valence-corrected chi connectivity index (χ2v) is 3.26. The predicted octanol–water partition coefficient (Wildman–Crippen LogP) is 0.996. The fourth-order valence-corrected chi connectivity index (χ4v) is 1.17. The van der Waals surface area contributed by atoms with E-state index in [0.29, 0.717) is 6.54 Å². The first-order chi connectivity index (χ1) is 7.24. The molecule has 0 spiro atoms. The average molecular weight is 203 g/mol. The normalized spacial score (nSPS) is 9.33. The van der Waals surface area contributed by atoms with Crippen LogP contribution >= 0.6 is 0 Å². The largest absolute Gasteiger partial charge is 0.345 e. The van der Waals surface area contributed by atoms with Gasteiger partial charge < -0.3 is 4.90 Å². The number of aromatic nitrogens is 1. The Morgan fingerprint density at radius 2 is 2.47 bits per heavy atom. The number of amides is 1. The van der Waals surface area contributed by atoms with Crippen LogP contribution in [0.25, 0.3) is 0 Å². The van der Waals surface area contributed by atoms with Crippen molar-refractivity contribution in [2.75, 3.05) is 13.6 Å². The molecule has 1 aromatic rings. The van der Waals surface area contributed by atoms with Crippen molar-refractivity contribution in [3.8, 4) is 6.07 Å². The fraction of sp³-hybridized carbons (Fsp3) is 0.364. The van der Waals surface area contributed by atoms with Crippen LogP contribution in [0.15, 0.2) is 24.5 Å². The van der Waals surface area contributed by atoms with Crippen molar-refractivity contribution >= 4 is 5.91 Å². The van der Waals surface area contributed by atoms with Crippen molar-refractivity contribution in [1.29, 1.82) is 5.26 Å². The highest BCUT2D eigenvalue weighted by molar-refractivity contribution is 5.77. The standard InChI is InChI=1S/C11H13N3O/c1-14(11(15)4-6-12)8-5-10-3-2-7-13-9-10/h2-3,7,9H,4-5,8H2,1H3. The lowest BCUT2D eigenvalue weighted by Crippen LogP contribution is -2.28. The van der Waals surface area contributed by atoms with Crippen molar-refractivity contribution in [2.45, 2.75) is 12.8 Å². The molecule has 0 saturated heterocycles. The number of nitriles is 1. The summed E-state index contributed by atoms with van der Waals surface area (Å²) in [5.74, 6) is -0.138. The lowest BCUT2D eigenvalue weighted by molar-refractivity contribution is -0.128. The van der Waals surface area contributed by atoms with Gasteiger partial charge in [0, 0.05) is 26.0 Å². The molecular formula is C11H13N3O. The molecule has 0 unspecified atom stereocenters. The van der Waals surface area contributed by atoms with Crippen LogP contribution in [0.3, 0.4) is 0 Å². The summed E-state index contributed by atoms with van der Waals surface area (Å²) in [4.78, 5) is 16.8. The van der Waals surface area contributed by atoms with Crippen molar-refractivity contribution in [1.82, 2.24) is 9.88 Å². The molecule has 0 aromatic carbocycles. The van der Waals surface area contributed by atoms with Gasteiger partial charge in [-0.2, -0.15) is 5.26 Å². The second kappa shape index (κ2) is 5.76. The second-order valence-electron chi connectivity index (χ2n) is 3.26. The maximum Gasteiger partial charge on any atom is 0.236 e. The smallest absolute Gasteiger partial charge is 0.236 e. The van der Waals surface area contributed by atoms with Gasteiger partial charge in [-0.15, -0.1) is 0 Å². The number of hydrogen-bond donors (Lipinski definition) is 0. The van der Waals surface area contributed by atoms with E-state index in [1.807, 2.05) is 18.2 Å². The molecular weight excluding hydrogens is 190 g/mol. The molecule has 15 heavy (non-hydrogen) atoms. The fourth-order valence-electron chi connectivity index (χ4n) is 1.17. The minimum Gasteiger partial charge on any atom is -0.345 e. The number of carbonyl (C=O) groups excluding carboxylic acids is 1. The molecule has 0 saturated carbocycles. The van der Waals surface area contributed by atoms with E-state index in [0.717, 1.165) is 12.0 Å². The van der Waals surface area contributed by atoms with E-state index < -0.39 is 0 Å². The molecule has 0 aliphatic rings. The third-order valence-corrected chi connectivity index (χ3v) is 2.11. The minimum atomic E-state index is -0.138. The first kappa shape index (κ1) is 11.2. The summed E-state index contributed by atoms with van der Waals surface area (Å²) < 4.78 is 0. The van der Waals surface area contributed by atoms with Crippen molar-refractivity contribution in [3.63, 3.8) is 0 Å². The SMILES string of the molecule is CN(CCc1cccnc1)C(=O)CC#N. The van der Waals surface area contributed by atoms with Crippen LogP contribution in [-0.4, -0.2) is 29.4 Å². The Kier molecular flexibility index (Phi) is 4.30. The number of pyridine rings is 1. The van der Waals surface area contributed by atoms with E-state index in [1.165, 1.54) is 0 Å². The van der Waals surface area contributed by atoms with Gasteiger partial charge >= 0.3 is 0 Å². The summed E-state index contributed by atoms with van der Waals surface area (Å²) in [6.45, 7) is 0.617. The highest BCUT2D eigenvalue weighted by Gasteiger charge is 2.07. The van der Waals surface area contributed by atoms with E-state index in [4.69, 9.17) is 5.26 Å². The monoisotopic (exact) mass is 203 g/mol. The predicted molar refractivity (Wildman–Crippen MR) is 55.8 cm³/mol. The minimum absolute atomic E-state index is 0.0520. The highest BCUT2D eigenvalue weighted by atomic mass is 16.2.